The minimum absolute atomic E-state index is 0.216. The minimum Gasteiger partial charge on any atom is -0.393 e. The van der Waals surface area contributed by atoms with E-state index in [2.05, 4.69) is 6.07 Å². The zero-order valence-electron chi connectivity index (χ0n) is 9.13. The molecule has 1 saturated carbocycles. The zero-order valence-corrected chi connectivity index (χ0v) is 9.13. The number of hydrogen-bond acceptors (Lipinski definition) is 2. The summed E-state index contributed by atoms with van der Waals surface area (Å²) in [5, 5.41) is 18.9. The minimum atomic E-state index is -0.284. The van der Waals surface area contributed by atoms with Crippen LogP contribution in [0.1, 0.15) is 58.3 Å². The van der Waals surface area contributed by atoms with Crippen LogP contribution in [0.4, 0.5) is 0 Å². The van der Waals surface area contributed by atoms with Crippen LogP contribution in [0.5, 0.6) is 0 Å². The molecule has 0 saturated heterocycles. The van der Waals surface area contributed by atoms with E-state index in [-0.39, 0.29) is 11.5 Å². The van der Waals surface area contributed by atoms with Crippen molar-refractivity contribution in [1.82, 2.24) is 0 Å². The Balaban J connectivity index is 2.59. The van der Waals surface area contributed by atoms with Gasteiger partial charge in [0.1, 0.15) is 0 Å². The van der Waals surface area contributed by atoms with Gasteiger partial charge in [-0.25, -0.2) is 0 Å². The second-order valence-corrected chi connectivity index (χ2v) is 4.57. The van der Waals surface area contributed by atoms with E-state index in [1.165, 1.54) is 12.8 Å². The number of nitriles is 1. The van der Waals surface area contributed by atoms with Gasteiger partial charge in [-0.2, -0.15) is 5.26 Å². The normalized spacial score (nSPS) is 23.5. The summed E-state index contributed by atoms with van der Waals surface area (Å²) in [5.74, 6) is 0. The predicted molar refractivity (Wildman–Crippen MR) is 56.7 cm³/mol. The lowest BCUT2D eigenvalue weighted by atomic mass is 9.77. The third-order valence-electron chi connectivity index (χ3n) is 3.40. The van der Waals surface area contributed by atoms with Gasteiger partial charge in [0.25, 0.3) is 0 Å². The molecule has 1 N–H and O–H groups in total. The van der Waals surface area contributed by atoms with E-state index >= 15 is 0 Å². The van der Waals surface area contributed by atoms with Gasteiger partial charge in [-0.3, -0.25) is 0 Å². The molecular formula is C12H21NO. The lowest BCUT2D eigenvalue weighted by Crippen LogP contribution is -2.24. The van der Waals surface area contributed by atoms with Gasteiger partial charge in [-0.05, 0) is 25.7 Å². The van der Waals surface area contributed by atoms with Crippen molar-refractivity contribution in [3.8, 4) is 6.07 Å². The molecule has 2 nitrogen and oxygen atoms in total. The third kappa shape index (κ3) is 2.99. The fourth-order valence-corrected chi connectivity index (χ4v) is 2.36. The molecule has 80 valence electrons. The molecule has 1 rings (SSSR count). The van der Waals surface area contributed by atoms with E-state index in [1.807, 2.05) is 6.92 Å². The smallest absolute Gasteiger partial charge is 0.0690 e. The van der Waals surface area contributed by atoms with E-state index in [4.69, 9.17) is 0 Å². The van der Waals surface area contributed by atoms with Crippen LogP contribution in [0.2, 0.25) is 0 Å². The van der Waals surface area contributed by atoms with Gasteiger partial charge < -0.3 is 5.11 Å². The molecule has 14 heavy (non-hydrogen) atoms. The highest BCUT2D eigenvalue weighted by Crippen LogP contribution is 2.38. The molecule has 0 radical (unpaired) electrons. The maximum Gasteiger partial charge on any atom is 0.0690 e. The number of hydrogen-bond donors (Lipinski definition) is 1. The van der Waals surface area contributed by atoms with Crippen molar-refractivity contribution in [1.29, 1.82) is 5.26 Å². The molecule has 1 unspecified atom stereocenters. The van der Waals surface area contributed by atoms with Crippen LogP contribution < -0.4 is 0 Å². The Kier molecular flexibility index (Phi) is 4.41. The number of rotatable bonds is 3. The largest absolute Gasteiger partial charge is 0.393 e. The van der Waals surface area contributed by atoms with Crippen LogP contribution in [-0.2, 0) is 0 Å². The molecule has 1 aliphatic rings. The fraction of sp³-hybridized carbons (Fsp3) is 0.917. The van der Waals surface area contributed by atoms with Crippen LogP contribution in [0.25, 0.3) is 0 Å². The number of aliphatic hydroxyl groups excluding tert-OH is 1. The van der Waals surface area contributed by atoms with Gasteiger partial charge >= 0.3 is 0 Å². The van der Waals surface area contributed by atoms with Crippen LogP contribution >= 0.6 is 0 Å². The summed E-state index contributed by atoms with van der Waals surface area (Å²) >= 11 is 0. The summed E-state index contributed by atoms with van der Waals surface area (Å²) < 4.78 is 0. The Labute approximate surface area is 86.9 Å². The molecule has 1 fully saturated rings. The Hall–Kier alpha value is -0.550. The lowest BCUT2D eigenvalue weighted by molar-refractivity contribution is 0.110. The van der Waals surface area contributed by atoms with E-state index in [0.29, 0.717) is 6.42 Å². The molecule has 0 aromatic rings. The molecular weight excluding hydrogens is 174 g/mol. The first-order valence-corrected chi connectivity index (χ1v) is 5.82. The third-order valence-corrected chi connectivity index (χ3v) is 3.40. The molecule has 0 heterocycles. The van der Waals surface area contributed by atoms with E-state index in [0.717, 1.165) is 32.1 Å². The Morgan fingerprint density at radius 1 is 1.29 bits per heavy atom. The Morgan fingerprint density at radius 2 is 1.86 bits per heavy atom. The van der Waals surface area contributed by atoms with Crippen molar-refractivity contribution < 1.29 is 5.11 Å². The molecule has 1 aliphatic carbocycles. The van der Waals surface area contributed by atoms with Crippen LogP contribution in [0, 0.1) is 16.7 Å². The average molecular weight is 195 g/mol. The molecule has 2 heteroatoms. The van der Waals surface area contributed by atoms with Gasteiger partial charge in [0.2, 0.25) is 0 Å². The summed E-state index contributed by atoms with van der Waals surface area (Å²) in [6, 6.07) is 2.46. The fourth-order valence-electron chi connectivity index (χ4n) is 2.36. The van der Waals surface area contributed by atoms with Crippen LogP contribution in [0.15, 0.2) is 0 Å². The second-order valence-electron chi connectivity index (χ2n) is 4.57. The summed E-state index contributed by atoms with van der Waals surface area (Å²) in [4.78, 5) is 0. The summed E-state index contributed by atoms with van der Waals surface area (Å²) in [6.07, 6.45) is 7.96. The Bertz CT molecular complexity index is 199. The van der Waals surface area contributed by atoms with Crippen molar-refractivity contribution in [2.45, 2.75) is 64.4 Å². The van der Waals surface area contributed by atoms with Crippen molar-refractivity contribution in [2.75, 3.05) is 0 Å². The highest BCUT2D eigenvalue weighted by atomic mass is 16.3. The molecule has 0 amide bonds. The second kappa shape index (κ2) is 5.36. The quantitative estimate of drug-likeness (QED) is 0.703. The summed E-state index contributed by atoms with van der Waals surface area (Å²) in [5.41, 5.74) is -0.216. The monoisotopic (exact) mass is 195 g/mol. The van der Waals surface area contributed by atoms with Crippen molar-refractivity contribution in [2.24, 2.45) is 5.41 Å². The zero-order chi connectivity index (χ0) is 10.4. The van der Waals surface area contributed by atoms with E-state index in [9.17, 15) is 10.4 Å². The first-order valence-electron chi connectivity index (χ1n) is 5.82. The summed E-state index contributed by atoms with van der Waals surface area (Å²) in [7, 11) is 0. The lowest BCUT2D eigenvalue weighted by Gasteiger charge is -2.26. The molecule has 0 bridgehead atoms. The van der Waals surface area contributed by atoms with E-state index in [1.54, 1.807) is 0 Å². The maximum absolute atomic E-state index is 9.65. The number of aliphatic hydroxyl groups is 1. The topological polar surface area (TPSA) is 44.0 Å². The standard InChI is InChI=1S/C12H21NO/c1-2-11(14)9-12(10-13)7-5-3-4-6-8-12/h11,14H,2-9H2,1H3. The van der Waals surface area contributed by atoms with Crippen LogP contribution in [-0.4, -0.2) is 11.2 Å². The molecule has 0 spiro atoms. The van der Waals surface area contributed by atoms with Crippen molar-refractivity contribution >= 4 is 0 Å². The molecule has 0 aliphatic heterocycles. The molecule has 0 aromatic heterocycles. The predicted octanol–water partition coefficient (Wildman–Crippen LogP) is 3.01. The highest BCUT2D eigenvalue weighted by Gasteiger charge is 2.32. The van der Waals surface area contributed by atoms with E-state index < -0.39 is 0 Å². The molecule has 0 aromatic carbocycles. The maximum atomic E-state index is 9.65. The highest BCUT2D eigenvalue weighted by molar-refractivity contribution is 5.00. The van der Waals surface area contributed by atoms with Gasteiger partial charge in [0, 0.05) is 0 Å². The van der Waals surface area contributed by atoms with Crippen molar-refractivity contribution in [3.05, 3.63) is 0 Å². The van der Waals surface area contributed by atoms with Crippen molar-refractivity contribution in [3.63, 3.8) is 0 Å². The first kappa shape index (κ1) is 11.5. The van der Waals surface area contributed by atoms with Gasteiger partial charge in [-0.1, -0.05) is 32.6 Å². The first-order chi connectivity index (χ1) is 6.72. The van der Waals surface area contributed by atoms with Gasteiger partial charge in [0.05, 0.1) is 17.6 Å². The number of nitrogens with zero attached hydrogens (tertiary/aromatic N) is 1. The van der Waals surface area contributed by atoms with Gasteiger partial charge in [0.15, 0.2) is 0 Å². The Morgan fingerprint density at radius 3 is 2.29 bits per heavy atom. The summed E-state index contributed by atoms with van der Waals surface area (Å²) in [6.45, 7) is 1.98. The average Bonchev–Trinajstić information content (AvgIpc) is 2.44. The van der Waals surface area contributed by atoms with Crippen LogP contribution in [0.3, 0.4) is 0 Å². The molecule has 1 atom stereocenters. The SMILES string of the molecule is CCC(O)CC1(C#N)CCCCCC1. The van der Waals surface area contributed by atoms with Gasteiger partial charge in [-0.15, -0.1) is 0 Å².